The van der Waals surface area contributed by atoms with Crippen molar-refractivity contribution in [2.45, 2.75) is 12.8 Å². The molecular formula is C11H14O. The van der Waals surface area contributed by atoms with Crippen molar-refractivity contribution in [1.82, 2.24) is 0 Å². The predicted octanol–water partition coefficient (Wildman–Crippen LogP) is 1.95. The summed E-state index contributed by atoms with van der Waals surface area (Å²) in [6.45, 7) is 1.48. The van der Waals surface area contributed by atoms with Crippen LogP contribution in [0, 0.1) is 0 Å². The van der Waals surface area contributed by atoms with E-state index in [1.807, 2.05) is 24.3 Å². The molecule has 0 heterocycles. The molecule has 0 radical (unpaired) electrons. The maximum atomic E-state index is 8.81. The summed E-state index contributed by atoms with van der Waals surface area (Å²) >= 11 is 0. The number of aliphatic hydroxyl groups is 1. The third kappa shape index (κ3) is 2.21. The van der Waals surface area contributed by atoms with E-state index in [1.54, 1.807) is 6.08 Å². The smallest absolute Gasteiger partial charge is 0.0535 e. The highest BCUT2D eigenvalue weighted by molar-refractivity contribution is 5.28. The number of aliphatic hydroxyl groups excluding tert-OH is 1. The lowest BCUT2D eigenvalue weighted by Gasteiger charge is -2.04. The monoisotopic (exact) mass is 163 g/mol. The molecule has 0 saturated carbocycles. The Morgan fingerprint density at radius 1 is 1.42 bits per heavy atom. The van der Waals surface area contributed by atoms with Crippen LogP contribution in [-0.4, -0.2) is 11.7 Å². The van der Waals surface area contributed by atoms with Crippen LogP contribution in [0.3, 0.4) is 0 Å². The van der Waals surface area contributed by atoms with Gasteiger partial charge in [-0.25, -0.2) is 0 Å². The van der Waals surface area contributed by atoms with Gasteiger partial charge in [-0.15, -0.1) is 6.55 Å². The second-order valence-electron chi connectivity index (χ2n) is 2.68. The fourth-order valence-electron chi connectivity index (χ4n) is 1.25. The highest BCUT2D eigenvalue weighted by Crippen LogP contribution is 2.09. The summed E-state index contributed by atoms with van der Waals surface area (Å²) in [7, 11) is 0. The first-order chi connectivity index (χ1) is 6.38. The molecule has 0 spiro atoms. The molecule has 0 unspecified atom stereocenters. The van der Waals surface area contributed by atoms with Crippen molar-refractivity contribution in [2.75, 3.05) is 6.61 Å². The van der Waals surface area contributed by atoms with E-state index in [9.17, 15) is 0 Å². The van der Waals surface area contributed by atoms with Gasteiger partial charge in [0.15, 0.2) is 0 Å². The van der Waals surface area contributed by atoms with Crippen molar-refractivity contribution >= 4 is 0 Å². The van der Waals surface area contributed by atoms with Crippen molar-refractivity contribution < 1.29 is 6.48 Å². The van der Waals surface area contributed by atoms with Gasteiger partial charge in [0.25, 0.3) is 0 Å². The van der Waals surface area contributed by atoms with Gasteiger partial charge in [0.05, 0.1) is 1.37 Å². The first-order valence-corrected chi connectivity index (χ1v) is 4.09. The van der Waals surface area contributed by atoms with E-state index in [-0.39, 0.29) is 6.61 Å². The minimum Gasteiger partial charge on any atom is -0.396 e. The Morgan fingerprint density at radius 2 is 2.17 bits per heavy atom. The van der Waals surface area contributed by atoms with Gasteiger partial charge in [-0.3, -0.25) is 0 Å². The fraction of sp³-hybridized carbons (Fsp3) is 0.273. The zero-order valence-electron chi connectivity index (χ0n) is 8.03. The van der Waals surface area contributed by atoms with E-state index >= 15 is 0 Å². The van der Waals surface area contributed by atoms with Gasteiger partial charge in [-0.05, 0) is 24.0 Å². The molecule has 12 heavy (non-hydrogen) atoms. The number of allylic oxidation sites excluding steroid dienone is 1. The molecule has 1 aromatic carbocycles. The molecule has 64 valence electrons. The summed E-state index contributed by atoms with van der Waals surface area (Å²) in [6.07, 6.45) is 3.28. The van der Waals surface area contributed by atoms with Gasteiger partial charge >= 0.3 is 0 Å². The van der Waals surface area contributed by atoms with Gasteiger partial charge in [0.2, 0.25) is 0 Å². The molecule has 1 N–H and O–H groups in total. The highest BCUT2D eigenvalue weighted by Gasteiger charge is 1.97. The molecule has 1 nitrogen and oxygen atoms in total. The number of rotatable bonds is 4. The van der Waals surface area contributed by atoms with E-state index in [2.05, 4.69) is 0 Å². The molecule has 0 amide bonds. The van der Waals surface area contributed by atoms with Crippen molar-refractivity contribution in [3.05, 3.63) is 48.0 Å². The minimum absolute atomic E-state index is 0.182. The first kappa shape index (κ1) is 7.56. The number of hydrogen-bond acceptors (Lipinski definition) is 1. The molecule has 1 heteroatoms. The van der Waals surface area contributed by atoms with Crippen LogP contribution >= 0.6 is 0 Å². The van der Waals surface area contributed by atoms with E-state index < -0.39 is 0 Å². The fourth-order valence-corrected chi connectivity index (χ4v) is 1.25. The third-order valence-corrected chi connectivity index (χ3v) is 1.84. The molecule has 1 aromatic rings. The Morgan fingerprint density at radius 3 is 2.83 bits per heavy atom. The Labute approximate surface area is 74.8 Å². The Kier molecular flexibility index (Phi) is 2.98. The van der Waals surface area contributed by atoms with Crippen LogP contribution in [0.25, 0.3) is 0 Å². The van der Waals surface area contributed by atoms with Crippen LogP contribution in [-0.2, 0) is 12.8 Å². The zero-order valence-corrected chi connectivity index (χ0v) is 7.03. The lowest BCUT2D eigenvalue weighted by molar-refractivity contribution is 0.299. The molecule has 0 fully saturated rings. The van der Waals surface area contributed by atoms with E-state index in [0.29, 0.717) is 6.42 Å². The largest absolute Gasteiger partial charge is 0.396 e. The lowest BCUT2D eigenvalue weighted by Crippen LogP contribution is -1.95. The minimum atomic E-state index is 0.182. The van der Waals surface area contributed by atoms with Crippen molar-refractivity contribution in [3.8, 4) is 0 Å². The Bertz CT molecular complexity index is 281. The third-order valence-electron chi connectivity index (χ3n) is 1.84. The molecular weight excluding hydrogens is 148 g/mol. The number of hydrogen-bond donors (Lipinski definition) is 1. The topological polar surface area (TPSA) is 20.2 Å². The summed E-state index contributed by atoms with van der Waals surface area (Å²) in [5.74, 6) is 0. The van der Waals surface area contributed by atoms with Crippen LogP contribution in [0.15, 0.2) is 36.9 Å². The van der Waals surface area contributed by atoms with E-state index in [4.69, 9.17) is 6.48 Å². The second-order valence-corrected chi connectivity index (χ2v) is 2.68. The van der Waals surface area contributed by atoms with Gasteiger partial charge in [-0.1, -0.05) is 30.3 Å². The van der Waals surface area contributed by atoms with E-state index in [1.165, 1.54) is 17.7 Å². The number of benzene rings is 1. The molecule has 0 atom stereocenters. The molecule has 0 aliphatic heterocycles. The van der Waals surface area contributed by atoms with Crippen LogP contribution in [0.1, 0.15) is 12.5 Å². The summed E-state index contributed by atoms with van der Waals surface area (Å²) in [5, 5.41) is 8.81. The predicted molar refractivity (Wildman–Crippen MR) is 51.1 cm³/mol. The van der Waals surface area contributed by atoms with Gasteiger partial charge < -0.3 is 5.11 Å². The van der Waals surface area contributed by atoms with Crippen molar-refractivity contribution in [3.63, 3.8) is 0 Å². The normalized spacial score (nSPS) is 11.9. The molecule has 0 bridgehead atoms. The summed E-state index contributed by atoms with van der Waals surface area (Å²) in [6, 6.07) is 8.00. The molecule has 0 aromatic heterocycles. The molecule has 0 aliphatic carbocycles. The average molecular weight is 163 g/mol. The lowest BCUT2D eigenvalue weighted by atomic mass is 10.0. The maximum Gasteiger partial charge on any atom is 0.0535 e. The van der Waals surface area contributed by atoms with Crippen LogP contribution in [0.4, 0.5) is 0 Å². The van der Waals surface area contributed by atoms with Crippen LogP contribution in [0.2, 0.25) is 0 Å². The van der Waals surface area contributed by atoms with Crippen LogP contribution < -0.4 is 0 Å². The average Bonchev–Trinajstić information content (AvgIpc) is 2.17. The SMILES string of the molecule is [2H]C=CCc1ccccc1CCO. The van der Waals surface area contributed by atoms with Crippen molar-refractivity contribution in [1.29, 1.82) is 0 Å². The molecule has 0 aliphatic rings. The Hall–Kier alpha value is -1.08. The van der Waals surface area contributed by atoms with E-state index in [0.717, 1.165) is 6.42 Å². The summed E-state index contributed by atoms with van der Waals surface area (Å²) in [5.41, 5.74) is 2.36. The van der Waals surface area contributed by atoms with Gasteiger partial charge in [0, 0.05) is 6.61 Å². The zero-order chi connectivity index (χ0) is 9.52. The molecule has 1 rings (SSSR count). The highest BCUT2D eigenvalue weighted by atomic mass is 16.2. The van der Waals surface area contributed by atoms with Crippen molar-refractivity contribution in [2.24, 2.45) is 0 Å². The van der Waals surface area contributed by atoms with Gasteiger partial charge in [0.1, 0.15) is 0 Å². The van der Waals surface area contributed by atoms with Gasteiger partial charge in [-0.2, -0.15) is 0 Å². The second kappa shape index (κ2) is 4.73. The van der Waals surface area contributed by atoms with Crippen LogP contribution in [0.5, 0.6) is 0 Å². The first-order valence-electron chi connectivity index (χ1n) is 4.67. The summed E-state index contributed by atoms with van der Waals surface area (Å²) < 4.78 is 6.89. The molecule has 0 saturated heterocycles. The standard InChI is InChI=1S/C11H14O/c1-2-5-10-6-3-4-7-11(10)8-9-12/h2-4,6-7,12H,1,5,8-9H2/i1D. The quantitative estimate of drug-likeness (QED) is 0.673. The maximum absolute atomic E-state index is 8.81. The Balaban J connectivity index is 2.77. The summed E-state index contributed by atoms with van der Waals surface area (Å²) in [4.78, 5) is 0.